The summed E-state index contributed by atoms with van der Waals surface area (Å²) in [4.78, 5) is 23.9. The Morgan fingerprint density at radius 3 is 2.47 bits per heavy atom. The molecule has 6 nitrogen and oxygen atoms in total. The maximum atomic E-state index is 11.7. The number of ether oxygens (including phenoxy) is 1. The van der Waals surface area contributed by atoms with Gasteiger partial charge in [0.1, 0.15) is 0 Å². The van der Waals surface area contributed by atoms with E-state index in [-0.39, 0.29) is 18.6 Å². The van der Waals surface area contributed by atoms with Crippen LogP contribution in [0.2, 0.25) is 0 Å². The monoisotopic (exact) mass is 246 g/mol. The van der Waals surface area contributed by atoms with Crippen LogP contribution in [-0.4, -0.2) is 54.9 Å². The molecular formula is C11H22N2O4. The minimum absolute atomic E-state index is 0.0339. The fraction of sp³-hybridized carbons (Fsp3) is 0.818. The van der Waals surface area contributed by atoms with E-state index >= 15 is 0 Å². The number of carboxylic acids is 1. The van der Waals surface area contributed by atoms with Crippen LogP contribution in [-0.2, 0) is 9.53 Å². The van der Waals surface area contributed by atoms with Gasteiger partial charge in [0.2, 0.25) is 0 Å². The topological polar surface area (TPSA) is 78.9 Å². The van der Waals surface area contributed by atoms with Crippen molar-refractivity contribution in [2.24, 2.45) is 0 Å². The molecule has 2 unspecified atom stereocenters. The molecule has 0 aliphatic carbocycles. The van der Waals surface area contributed by atoms with Gasteiger partial charge in [0.15, 0.2) is 6.10 Å². The summed E-state index contributed by atoms with van der Waals surface area (Å²) < 4.78 is 4.72. The number of hydrogen-bond donors (Lipinski definition) is 2. The lowest BCUT2D eigenvalue weighted by Gasteiger charge is -2.25. The molecule has 0 aromatic heterocycles. The van der Waals surface area contributed by atoms with Gasteiger partial charge < -0.3 is 20.1 Å². The molecule has 2 N–H and O–H groups in total. The van der Waals surface area contributed by atoms with E-state index in [1.54, 1.807) is 11.9 Å². The number of urea groups is 1. The van der Waals surface area contributed by atoms with E-state index in [1.807, 2.05) is 13.8 Å². The van der Waals surface area contributed by atoms with Crippen LogP contribution in [0.5, 0.6) is 0 Å². The highest BCUT2D eigenvalue weighted by atomic mass is 16.5. The molecule has 0 saturated carbocycles. The average Bonchev–Trinajstić information content (AvgIpc) is 2.28. The third kappa shape index (κ3) is 5.53. The molecule has 0 fully saturated rings. The Labute approximate surface area is 102 Å². The van der Waals surface area contributed by atoms with Gasteiger partial charge in [-0.1, -0.05) is 13.3 Å². The van der Waals surface area contributed by atoms with Gasteiger partial charge in [0.05, 0.1) is 6.54 Å². The molecule has 0 saturated heterocycles. The molecule has 0 aromatic carbocycles. The second-order valence-electron chi connectivity index (χ2n) is 4.00. The molecule has 0 spiro atoms. The number of methoxy groups -OCH3 is 1. The van der Waals surface area contributed by atoms with E-state index in [0.29, 0.717) is 0 Å². The van der Waals surface area contributed by atoms with Gasteiger partial charge in [0.25, 0.3) is 0 Å². The van der Waals surface area contributed by atoms with Crippen LogP contribution < -0.4 is 5.32 Å². The third-order valence-electron chi connectivity index (χ3n) is 2.69. The van der Waals surface area contributed by atoms with Gasteiger partial charge in [-0.05, 0) is 13.3 Å². The summed E-state index contributed by atoms with van der Waals surface area (Å²) in [5, 5.41) is 11.3. The summed E-state index contributed by atoms with van der Waals surface area (Å²) in [6, 6.07) is -0.153. The molecule has 100 valence electrons. The van der Waals surface area contributed by atoms with E-state index in [0.717, 1.165) is 12.8 Å². The quantitative estimate of drug-likeness (QED) is 0.700. The summed E-state index contributed by atoms with van der Waals surface area (Å²) in [6.07, 6.45) is 0.902. The zero-order valence-electron chi connectivity index (χ0n) is 10.9. The summed E-state index contributed by atoms with van der Waals surface area (Å²) >= 11 is 0. The minimum Gasteiger partial charge on any atom is -0.479 e. The summed E-state index contributed by atoms with van der Waals surface area (Å²) in [5.74, 6) is -1.09. The molecule has 0 aliphatic heterocycles. The Morgan fingerprint density at radius 1 is 1.47 bits per heavy atom. The number of aliphatic carboxylic acids is 1. The first-order chi connectivity index (χ1) is 7.93. The van der Waals surface area contributed by atoms with E-state index in [1.165, 1.54) is 7.11 Å². The average molecular weight is 246 g/mol. The Hall–Kier alpha value is -1.30. The van der Waals surface area contributed by atoms with Crippen LogP contribution in [0.15, 0.2) is 0 Å². The molecule has 0 bridgehead atoms. The molecule has 0 rings (SSSR count). The SMILES string of the molecule is CCCC(C)N(C)C(=O)NCC(OC)C(=O)O. The van der Waals surface area contributed by atoms with Crippen molar-refractivity contribution in [3.8, 4) is 0 Å². The lowest BCUT2D eigenvalue weighted by atomic mass is 10.2. The Morgan fingerprint density at radius 2 is 2.06 bits per heavy atom. The highest BCUT2D eigenvalue weighted by molar-refractivity contribution is 5.77. The zero-order chi connectivity index (χ0) is 13.4. The van der Waals surface area contributed by atoms with Crippen LogP contribution in [0.3, 0.4) is 0 Å². The number of carboxylic acid groups (broad SMARTS) is 1. The predicted octanol–water partition coefficient (Wildman–Crippen LogP) is 0.916. The number of nitrogens with one attached hydrogen (secondary N) is 1. The number of nitrogens with zero attached hydrogens (tertiary/aromatic N) is 1. The number of carbonyl (C=O) groups excluding carboxylic acids is 1. The second-order valence-corrected chi connectivity index (χ2v) is 4.00. The predicted molar refractivity (Wildman–Crippen MR) is 64.0 cm³/mol. The van der Waals surface area contributed by atoms with Crippen molar-refractivity contribution in [1.82, 2.24) is 10.2 Å². The van der Waals surface area contributed by atoms with Crippen molar-refractivity contribution in [3.63, 3.8) is 0 Å². The van der Waals surface area contributed by atoms with Gasteiger partial charge in [0, 0.05) is 20.2 Å². The van der Waals surface area contributed by atoms with Gasteiger partial charge in [-0.3, -0.25) is 0 Å². The van der Waals surface area contributed by atoms with Gasteiger partial charge in [-0.25, -0.2) is 9.59 Å². The van der Waals surface area contributed by atoms with Gasteiger partial charge in [-0.15, -0.1) is 0 Å². The van der Waals surface area contributed by atoms with Crippen molar-refractivity contribution >= 4 is 12.0 Å². The largest absolute Gasteiger partial charge is 0.479 e. The van der Waals surface area contributed by atoms with Crippen LogP contribution in [0, 0.1) is 0 Å². The highest BCUT2D eigenvalue weighted by Crippen LogP contribution is 2.03. The van der Waals surface area contributed by atoms with Crippen molar-refractivity contribution in [2.45, 2.75) is 38.8 Å². The smallest absolute Gasteiger partial charge is 0.334 e. The Bertz CT molecular complexity index is 258. The summed E-state index contributed by atoms with van der Waals surface area (Å²) in [5.41, 5.74) is 0. The van der Waals surface area contributed by atoms with Crippen LogP contribution >= 0.6 is 0 Å². The normalized spacial score (nSPS) is 13.9. The maximum Gasteiger partial charge on any atom is 0.334 e. The van der Waals surface area contributed by atoms with Crippen LogP contribution in [0.25, 0.3) is 0 Å². The number of rotatable bonds is 7. The van der Waals surface area contributed by atoms with Crippen molar-refractivity contribution in [3.05, 3.63) is 0 Å². The highest BCUT2D eigenvalue weighted by Gasteiger charge is 2.20. The van der Waals surface area contributed by atoms with Crippen molar-refractivity contribution < 1.29 is 19.4 Å². The molecule has 0 aromatic rings. The first kappa shape index (κ1) is 15.7. The molecule has 0 aliphatic rings. The molecule has 0 heterocycles. The third-order valence-corrected chi connectivity index (χ3v) is 2.69. The first-order valence-electron chi connectivity index (χ1n) is 5.70. The summed E-state index contributed by atoms with van der Waals surface area (Å²) in [7, 11) is 2.99. The van der Waals surface area contributed by atoms with Gasteiger partial charge >= 0.3 is 12.0 Å². The standard InChI is InChI=1S/C11H22N2O4/c1-5-6-8(2)13(3)11(16)12-7-9(17-4)10(14)15/h8-9H,5-7H2,1-4H3,(H,12,16)(H,14,15). The number of hydrogen-bond acceptors (Lipinski definition) is 3. The lowest BCUT2D eigenvalue weighted by molar-refractivity contribution is -0.148. The number of carbonyl (C=O) groups is 2. The zero-order valence-corrected chi connectivity index (χ0v) is 10.9. The molecule has 0 radical (unpaired) electrons. The fourth-order valence-corrected chi connectivity index (χ4v) is 1.39. The fourth-order valence-electron chi connectivity index (χ4n) is 1.39. The molecule has 17 heavy (non-hydrogen) atoms. The maximum absolute atomic E-state index is 11.7. The lowest BCUT2D eigenvalue weighted by Crippen LogP contribution is -2.46. The van der Waals surface area contributed by atoms with Crippen molar-refractivity contribution in [1.29, 1.82) is 0 Å². The number of amides is 2. The molecular weight excluding hydrogens is 224 g/mol. The molecule has 2 amide bonds. The van der Waals surface area contributed by atoms with Crippen LogP contribution in [0.1, 0.15) is 26.7 Å². The second kappa shape index (κ2) is 7.89. The minimum atomic E-state index is -1.09. The van der Waals surface area contributed by atoms with Gasteiger partial charge in [-0.2, -0.15) is 0 Å². The van der Waals surface area contributed by atoms with E-state index in [2.05, 4.69) is 5.32 Å². The van der Waals surface area contributed by atoms with Crippen LogP contribution in [0.4, 0.5) is 4.79 Å². The van der Waals surface area contributed by atoms with E-state index < -0.39 is 12.1 Å². The van der Waals surface area contributed by atoms with Crippen molar-refractivity contribution in [2.75, 3.05) is 20.7 Å². The van der Waals surface area contributed by atoms with E-state index in [4.69, 9.17) is 9.84 Å². The van der Waals surface area contributed by atoms with E-state index in [9.17, 15) is 9.59 Å². The Kier molecular flexibility index (Phi) is 7.29. The first-order valence-corrected chi connectivity index (χ1v) is 5.70. The molecule has 6 heteroatoms. The molecule has 2 atom stereocenters. The summed E-state index contributed by atoms with van der Waals surface area (Å²) in [6.45, 7) is 3.97. The Balaban J connectivity index is 4.12.